The van der Waals surface area contributed by atoms with Crippen LogP contribution in [-0.4, -0.2) is 13.2 Å². The van der Waals surface area contributed by atoms with Crippen molar-refractivity contribution in [1.82, 2.24) is 0 Å². The van der Waals surface area contributed by atoms with Crippen molar-refractivity contribution in [3.05, 3.63) is 35.4 Å². The summed E-state index contributed by atoms with van der Waals surface area (Å²) < 4.78 is 5.56. The first-order valence-corrected chi connectivity index (χ1v) is 6.14. The Balaban J connectivity index is 2.24. The minimum Gasteiger partial charge on any atom is -0.379 e. The molecule has 1 rings (SSSR count). The van der Waals surface area contributed by atoms with E-state index in [9.17, 15) is 0 Å². The minimum atomic E-state index is 0.00206. The number of benzene rings is 1. The molecule has 1 unspecified atom stereocenters. The monoisotopic (exact) mass is 221 g/mol. The molecule has 0 fully saturated rings. The van der Waals surface area contributed by atoms with Crippen LogP contribution in [0.15, 0.2) is 24.3 Å². The van der Waals surface area contributed by atoms with Gasteiger partial charge in [0.15, 0.2) is 0 Å². The van der Waals surface area contributed by atoms with Crippen LogP contribution >= 0.6 is 0 Å². The Morgan fingerprint density at radius 1 is 1.19 bits per heavy atom. The average Bonchev–Trinajstić information content (AvgIpc) is 2.29. The van der Waals surface area contributed by atoms with Crippen molar-refractivity contribution in [3.63, 3.8) is 0 Å². The van der Waals surface area contributed by atoms with E-state index in [1.807, 2.05) is 0 Å². The maximum absolute atomic E-state index is 6.03. The van der Waals surface area contributed by atoms with E-state index < -0.39 is 0 Å². The first kappa shape index (κ1) is 13.2. The highest BCUT2D eigenvalue weighted by Gasteiger charge is 2.05. The van der Waals surface area contributed by atoms with Gasteiger partial charge in [-0.3, -0.25) is 0 Å². The van der Waals surface area contributed by atoms with Crippen molar-refractivity contribution in [2.45, 2.75) is 39.2 Å². The zero-order valence-electron chi connectivity index (χ0n) is 10.4. The lowest BCUT2D eigenvalue weighted by molar-refractivity contribution is 0.117. The predicted octanol–water partition coefficient (Wildman–Crippen LogP) is 3.20. The van der Waals surface area contributed by atoms with Gasteiger partial charge in [0.25, 0.3) is 0 Å². The second-order valence-electron chi connectivity index (χ2n) is 4.30. The van der Waals surface area contributed by atoms with Crippen LogP contribution in [-0.2, 0) is 4.74 Å². The van der Waals surface area contributed by atoms with E-state index in [1.165, 1.54) is 18.4 Å². The minimum absolute atomic E-state index is 0.00206. The van der Waals surface area contributed by atoms with Crippen molar-refractivity contribution in [2.75, 3.05) is 13.2 Å². The summed E-state index contributed by atoms with van der Waals surface area (Å²) in [5, 5.41) is 0. The molecule has 0 aliphatic heterocycles. The standard InChI is InChI=1S/C14H23NO/c1-3-4-5-10-16-11-14(15)13-8-6-12(2)7-9-13/h6-9,14H,3-5,10-11,15H2,1-2H3. The number of rotatable bonds is 7. The second kappa shape index (κ2) is 7.42. The van der Waals surface area contributed by atoms with Crippen molar-refractivity contribution in [3.8, 4) is 0 Å². The van der Waals surface area contributed by atoms with Crippen LogP contribution < -0.4 is 5.73 Å². The first-order valence-electron chi connectivity index (χ1n) is 6.14. The third-order valence-corrected chi connectivity index (χ3v) is 2.70. The molecule has 2 nitrogen and oxygen atoms in total. The molecule has 0 aromatic heterocycles. The Kier molecular flexibility index (Phi) is 6.12. The molecule has 2 heteroatoms. The molecule has 16 heavy (non-hydrogen) atoms. The second-order valence-corrected chi connectivity index (χ2v) is 4.30. The van der Waals surface area contributed by atoms with Gasteiger partial charge >= 0.3 is 0 Å². The van der Waals surface area contributed by atoms with E-state index in [0.717, 1.165) is 18.6 Å². The fraction of sp³-hybridized carbons (Fsp3) is 0.571. The third kappa shape index (κ3) is 4.77. The van der Waals surface area contributed by atoms with Gasteiger partial charge in [0, 0.05) is 6.61 Å². The van der Waals surface area contributed by atoms with Gasteiger partial charge in [-0.25, -0.2) is 0 Å². The summed E-state index contributed by atoms with van der Waals surface area (Å²) in [6.45, 7) is 5.72. The average molecular weight is 221 g/mol. The van der Waals surface area contributed by atoms with E-state index >= 15 is 0 Å². The van der Waals surface area contributed by atoms with E-state index in [0.29, 0.717) is 6.61 Å². The summed E-state index contributed by atoms with van der Waals surface area (Å²) in [6.07, 6.45) is 3.60. The molecule has 0 heterocycles. The number of aryl methyl sites for hydroxylation is 1. The van der Waals surface area contributed by atoms with E-state index in [2.05, 4.69) is 38.1 Å². The molecule has 0 bridgehead atoms. The van der Waals surface area contributed by atoms with Gasteiger partial charge in [-0.15, -0.1) is 0 Å². The molecular weight excluding hydrogens is 198 g/mol. The Bertz CT molecular complexity index is 281. The summed E-state index contributed by atoms with van der Waals surface area (Å²) in [6, 6.07) is 8.34. The molecule has 0 aliphatic rings. The predicted molar refractivity (Wildman–Crippen MR) is 68.5 cm³/mol. The van der Waals surface area contributed by atoms with Crippen molar-refractivity contribution in [2.24, 2.45) is 5.73 Å². The van der Waals surface area contributed by atoms with Crippen molar-refractivity contribution in [1.29, 1.82) is 0 Å². The van der Waals surface area contributed by atoms with Crippen LogP contribution in [0.1, 0.15) is 43.4 Å². The SMILES string of the molecule is CCCCCOCC(N)c1ccc(C)cc1. The summed E-state index contributed by atoms with van der Waals surface area (Å²) in [4.78, 5) is 0. The Hall–Kier alpha value is -0.860. The highest BCUT2D eigenvalue weighted by Crippen LogP contribution is 2.11. The number of unbranched alkanes of at least 4 members (excludes halogenated alkanes) is 2. The fourth-order valence-electron chi connectivity index (χ4n) is 1.57. The number of hydrogen-bond acceptors (Lipinski definition) is 2. The van der Waals surface area contributed by atoms with Crippen LogP contribution in [0, 0.1) is 6.92 Å². The molecule has 0 amide bonds. The zero-order valence-corrected chi connectivity index (χ0v) is 10.4. The Morgan fingerprint density at radius 2 is 1.88 bits per heavy atom. The van der Waals surface area contributed by atoms with Crippen LogP contribution in [0.2, 0.25) is 0 Å². The highest BCUT2D eigenvalue weighted by molar-refractivity contribution is 5.23. The van der Waals surface area contributed by atoms with Gasteiger partial charge in [0.05, 0.1) is 12.6 Å². The van der Waals surface area contributed by atoms with Gasteiger partial charge in [-0.05, 0) is 18.9 Å². The third-order valence-electron chi connectivity index (χ3n) is 2.70. The summed E-state index contributed by atoms with van der Waals surface area (Å²) in [7, 11) is 0. The Labute approximate surface area is 98.8 Å². The summed E-state index contributed by atoms with van der Waals surface area (Å²) in [5.74, 6) is 0. The summed E-state index contributed by atoms with van der Waals surface area (Å²) in [5.41, 5.74) is 8.45. The van der Waals surface area contributed by atoms with Crippen LogP contribution in [0.4, 0.5) is 0 Å². The maximum Gasteiger partial charge on any atom is 0.0659 e. The molecule has 0 saturated carbocycles. The quantitative estimate of drug-likeness (QED) is 0.718. The van der Waals surface area contributed by atoms with Gasteiger partial charge in [-0.1, -0.05) is 49.6 Å². The van der Waals surface area contributed by atoms with E-state index in [-0.39, 0.29) is 6.04 Å². The lowest BCUT2D eigenvalue weighted by Crippen LogP contribution is -2.17. The zero-order chi connectivity index (χ0) is 11.8. The van der Waals surface area contributed by atoms with Crippen LogP contribution in [0.25, 0.3) is 0 Å². The fourth-order valence-corrected chi connectivity index (χ4v) is 1.57. The lowest BCUT2D eigenvalue weighted by atomic mass is 10.1. The molecule has 90 valence electrons. The number of hydrogen-bond donors (Lipinski definition) is 1. The molecule has 1 aromatic carbocycles. The van der Waals surface area contributed by atoms with E-state index in [1.54, 1.807) is 0 Å². The normalized spacial score (nSPS) is 12.7. The largest absolute Gasteiger partial charge is 0.379 e. The van der Waals surface area contributed by atoms with E-state index in [4.69, 9.17) is 10.5 Å². The molecule has 0 aliphatic carbocycles. The van der Waals surface area contributed by atoms with Gasteiger partial charge < -0.3 is 10.5 Å². The molecule has 2 N–H and O–H groups in total. The first-order chi connectivity index (χ1) is 7.74. The highest BCUT2D eigenvalue weighted by atomic mass is 16.5. The Morgan fingerprint density at radius 3 is 2.50 bits per heavy atom. The van der Waals surface area contributed by atoms with Gasteiger partial charge in [-0.2, -0.15) is 0 Å². The van der Waals surface area contributed by atoms with Crippen molar-refractivity contribution >= 4 is 0 Å². The smallest absolute Gasteiger partial charge is 0.0659 e. The molecular formula is C14H23NO. The van der Waals surface area contributed by atoms with Crippen LogP contribution in [0.3, 0.4) is 0 Å². The van der Waals surface area contributed by atoms with Crippen molar-refractivity contribution < 1.29 is 4.74 Å². The van der Waals surface area contributed by atoms with Crippen LogP contribution in [0.5, 0.6) is 0 Å². The summed E-state index contributed by atoms with van der Waals surface area (Å²) >= 11 is 0. The molecule has 1 atom stereocenters. The molecule has 0 spiro atoms. The number of nitrogens with two attached hydrogens (primary N) is 1. The topological polar surface area (TPSA) is 35.2 Å². The maximum atomic E-state index is 6.03. The molecule has 1 aromatic rings. The molecule has 0 radical (unpaired) electrons. The molecule has 0 saturated heterocycles. The lowest BCUT2D eigenvalue weighted by Gasteiger charge is -2.12. The van der Waals surface area contributed by atoms with Gasteiger partial charge in [0.2, 0.25) is 0 Å². The van der Waals surface area contributed by atoms with Gasteiger partial charge in [0.1, 0.15) is 0 Å². The number of ether oxygens (including phenoxy) is 1.